The van der Waals surface area contributed by atoms with Crippen LogP contribution in [0.5, 0.6) is 0 Å². The summed E-state index contributed by atoms with van der Waals surface area (Å²) in [6.45, 7) is 0. The van der Waals surface area contributed by atoms with Crippen LogP contribution in [0.3, 0.4) is 0 Å². The first-order chi connectivity index (χ1) is 13.6. The summed E-state index contributed by atoms with van der Waals surface area (Å²) in [5.41, 5.74) is 2.43. The van der Waals surface area contributed by atoms with E-state index in [0.717, 1.165) is 10.5 Å². The van der Waals surface area contributed by atoms with Gasteiger partial charge in [0.05, 0.1) is 37.9 Å². The number of hydrogen-bond acceptors (Lipinski definition) is 5. The summed E-state index contributed by atoms with van der Waals surface area (Å²) in [7, 11) is 0. The van der Waals surface area contributed by atoms with Crippen LogP contribution in [-0.4, -0.2) is 32.0 Å². The molecule has 4 heterocycles. The van der Waals surface area contributed by atoms with Gasteiger partial charge in [-0.3, -0.25) is 19.7 Å². The summed E-state index contributed by atoms with van der Waals surface area (Å²) in [4.78, 5) is 35.6. The summed E-state index contributed by atoms with van der Waals surface area (Å²) in [5, 5.41) is 8.12. The Kier molecular flexibility index (Phi) is 3.68. The van der Waals surface area contributed by atoms with E-state index in [1.807, 2.05) is 6.07 Å². The second-order valence-electron chi connectivity index (χ2n) is 6.13. The lowest BCUT2D eigenvalue weighted by Crippen LogP contribution is -2.29. The third-order valence-electron chi connectivity index (χ3n) is 4.54. The molecule has 0 bridgehead atoms. The van der Waals surface area contributed by atoms with Gasteiger partial charge in [0, 0.05) is 24.2 Å². The Hall–Kier alpha value is -3.29. The molecule has 9 heteroatoms. The van der Waals surface area contributed by atoms with Crippen LogP contribution in [0.4, 0.5) is 5.69 Å². The maximum Gasteiger partial charge on any atom is 0.267 e. The highest BCUT2D eigenvalue weighted by molar-refractivity contribution is 6.43. The number of imide groups is 1. The first-order valence-corrected chi connectivity index (χ1v) is 8.93. The Morgan fingerprint density at radius 3 is 2.61 bits per heavy atom. The third-order valence-corrected chi connectivity index (χ3v) is 5.28. The fourth-order valence-electron chi connectivity index (χ4n) is 3.27. The fraction of sp³-hybridized carbons (Fsp3) is 0. The first-order valence-electron chi connectivity index (χ1n) is 8.17. The summed E-state index contributed by atoms with van der Waals surface area (Å²) >= 11 is 12.0. The number of halogens is 2. The molecular weight excluding hydrogens is 401 g/mol. The summed E-state index contributed by atoms with van der Waals surface area (Å²) in [6.07, 6.45) is 4.65. The average Bonchev–Trinajstić information content (AvgIpc) is 3.24. The molecule has 136 valence electrons. The number of anilines is 1. The third kappa shape index (κ3) is 2.33. The normalized spacial score (nSPS) is 13.4. The van der Waals surface area contributed by atoms with E-state index in [-0.39, 0.29) is 16.1 Å². The van der Waals surface area contributed by atoms with Crippen LogP contribution in [0.2, 0.25) is 10.0 Å². The lowest BCUT2D eigenvalue weighted by molar-refractivity contribution is 0.0926. The number of hydrogen-bond donors (Lipinski definition) is 1. The van der Waals surface area contributed by atoms with Crippen molar-refractivity contribution in [3.8, 4) is 11.3 Å². The van der Waals surface area contributed by atoms with Crippen molar-refractivity contribution in [2.45, 2.75) is 0 Å². The van der Waals surface area contributed by atoms with Crippen molar-refractivity contribution in [3.05, 3.63) is 70.1 Å². The van der Waals surface area contributed by atoms with Crippen LogP contribution in [0, 0.1) is 0 Å². The maximum absolute atomic E-state index is 13.2. The molecule has 0 atom stereocenters. The number of amides is 2. The first kappa shape index (κ1) is 16.9. The molecular formula is C19H9Cl2N5O2. The van der Waals surface area contributed by atoms with Crippen molar-refractivity contribution in [2.24, 2.45) is 0 Å². The molecule has 7 nitrogen and oxygen atoms in total. The molecule has 0 saturated carbocycles. The van der Waals surface area contributed by atoms with Crippen LogP contribution < -0.4 is 4.90 Å². The molecule has 1 aliphatic heterocycles. The minimum absolute atomic E-state index is 0.204. The largest absolute Gasteiger partial charge is 0.275 e. The Balaban J connectivity index is 1.73. The average molecular weight is 410 g/mol. The number of pyridine rings is 2. The number of aromatic nitrogens is 4. The quantitative estimate of drug-likeness (QED) is 0.502. The molecule has 0 unspecified atom stereocenters. The molecule has 2 amide bonds. The van der Waals surface area contributed by atoms with E-state index >= 15 is 0 Å². The lowest BCUT2D eigenvalue weighted by Gasteiger charge is -2.14. The number of nitrogens with zero attached hydrogens (tertiary/aromatic N) is 4. The number of benzene rings is 1. The van der Waals surface area contributed by atoms with Crippen molar-refractivity contribution < 1.29 is 9.59 Å². The predicted octanol–water partition coefficient (Wildman–Crippen LogP) is 4.13. The molecule has 4 aromatic rings. The van der Waals surface area contributed by atoms with E-state index in [0.29, 0.717) is 27.4 Å². The van der Waals surface area contributed by atoms with Crippen LogP contribution in [0.15, 0.2) is 48.9 Å². The van der Waals surface area contributed by atoms with E-state index in [2.05, 4.69) is 20.2 Å². The van der Waals surface area contributed by atoms with Crippen LogP contribution in [0.1, 0.15) is 20.7 Å². The Labute approximate surface area is 167 Å². The lowest BCUT2D eigenvalue weighted by atomic mass is 10.0. The van der Waals surface area contributed by atoms with Crippen molar-refractivity contribution in [1.29, 1.82) is 0 Å². The molecule has 0 radical (unpaired) electrons. The highest BCUT2D eigenvalue weighted by atomic mass is 35.5. The van der Waals surface area contributed by atoms with E-state index in [1.165, 1.54) is 18.3 Å². The van der Waals surface area contributed by atoms with Crippen LogP contribution in [0.25, 0.3) is 22.3 Å². The fourth-order valence-corrected chi connectivity index (χ4v) is 3.57. The van der Waals surface area contributed by atoms with Crippen molar-refractivity contribution >= 4 is 51.7 Å². The zero-order valence-electron chi connectivity index (χ0n) is 14.0. The van der Waals surface area contributed by atoms with Gasteiger partial charge in [-0.15, -0.1) is 0 Å². The van der Waals surface area contributed by atoms with Gasteiger partial charge in [0.15, 0.2) is 5.65 Å². The number of nitrogens with one attached hydrogen (secondary N) is 1. The van der Waals surface area contributed by atoms with Gasteiger partial charge in [0.1, 0.15) is 0 Å². The number of H-pyrrole nitrogens is 1. The van der Waals surface area contributed by atoms with E-state index < -0.39 is 11.8 Å². The van der Waals surface area contributed by atoms with Gasteiger partial charge in [0.2, 0.25) is 0 Å². The SMILES string of the molecule is O=C1c2cnc3n[nH]c(-c4cccnc4)c3c2C(=O)N1c1ccc(Cl)c(Cl)c1. The smallest absolute Gasteiger partial charge is 0.267 e. The molecule has 0 aliphatic carbocycles. The zero-order valence-corrected chi connectivity index (χ0v) is 15.5. The van der Waals surface area contributed by atoms with Gasteiger partial charge in [-0.2, -0.15) is 5.10 Å². The van der Waals surface area contributed by atoms with Gasteiger partial charge in [-0.05, 0) is 30.3 Å². The summed E-state index contributed by atoms with van der Waals surface area (Å²) in [6, 6.07) is 8.19. The maximum atomic E-state index is 13.2. The number of fused-ring (bicyclic) bond motifs is 3. The molecule has 0 spiro atoms. The second-order valence-corrected chi connectivity index (χ2v) is 6.94. The predicted molar refractivity (Wildman–Crippen MR) is 105 cm³/mol. The van der Waals surface area contributed by atoms with Crippen molar-refractivity contribution in [1.82, 2.24) is 20.2 Å². The van der Waals surface area contributed by atoms with Crippen molar-refractivity contribution in [2.75, 3.05) is 4.90 Å². The van der Waals surface area contributed by atoms with Gasteiger partial charge in [-0.25, -0.2) is 9.88 Å². The number of rotatable bonds is 2. The zero-order chi connectivity index (χ0) is 19.4. The molecule has 1 N–H and O–H groups in total. The monoisotopic (exact) mass is 409 g/mol. The van der Waals surface area contributed by atoms with Gasteiger partial charge in [-0.1, -0.05) is 23.2 Å². The standard InChI is InChI=1S/C19H9Cl2N5O2/c20-12-4-3-10(6-13(12)21)26-18(27)11-8-23-17-15(14(11)19(26)28)16(24-25-17)9-2-1-5-22-7-9/h1-8H,(H,23,24,25). The molecule has 28 heavy (non-hydrogen) atoms. The van der Waals surface area contributed by atoms with Gasteiger partial charge in [0.25, 0.3) is 11.8 Å². The topological polar surface area (TPSA) is 91.8 Å². The summed E-state index contributed by atoms with van der Waals surface area (Å²) < 4.78 is 0. The minimum Gasteiger partial charge on any atom is -0.275 e. The summed E-state index contributed by atoms with van der Waals surface area (Å²) in [5.74, 6) is -0.955. The molecule has 1 aromatic carbocycles. The molecule has 0 saturated heterocycles. The van der Waals surface area contributed by atoms with E-state index in [9.17, 15) is 9.59 Å². The Morgan fingerprint density at radius 1 is 1.00 bits per heavy atom. The molecule has 5 rings (SSSR count). The second kappa shape index (κ2) is 6.12. The Morgan fingerprint density at radius 2 is 1.86 bits per heavy atom. The number of carbonyl (C=O) groups is 2. The minimum atomic E-state index is -0.480. The molecule has 0 fully saturated rings. The molecule has 3 aromatic heterocycles. The van der Waals surface area contributed by atoms with Gasteiger partial charge >= 0.3 is 0 Å². The number of carbonyl (C=O) groups excluding carboxylic acids is 2. The van der Waals surface area contributed by atoms with Gasteiger partial charge < -0.3 is 0 Å². The van der Waals surface area contributed by atoms with Crippen LogP contribution in [-0.2, 0) is 0 Å². The molecule has 1 aliphatic rings. The highest BCUT2D eigenvalue weighted by Crippen LogP contribution is 2.37. The van der Waals surface area contributed by atoms with E-state index in [4.69, 9.17) is 23.2 Å². The van der Waals surface area contributed by atoms with E-state index in [1.54, 1.807) is 24.5 Å². The Bertz CT molecular complexity index is 1290. The van der Waals surface area contributed by atoms with Crippen LogP contribution >= 0.6 is 23.2 Å². The highest BCUT2D eigenvalue weighted by Gasteiger charge is 2.40. The van der Waals surface area contributed by atoms with Crippen molar-refractivity contribution in [3.63, 3.8) is 0 Å². The number of aromatic amines is 1.